The molecule has 0 unspecified atom stereocenters. The fourth-order valence-electron chi connectivity index (χ4n) is 5.09. The number of imidazole rings is 1. The number of carbonyl (C=O) groups is 1. The Morgan fingerprint density at radius 1 is 1.00 bits per heavy atom. The van der Waals surface area contributed by atoms with Gasteiger partial charge in [-0.2, -0.15) is 10.1 Å². The molecule has 2 aromatic carbocycles. The number of halogens is 2. The van der Waals surface area contributed by atoms with E-state index in [9.17, 15) is 4.79 Å². The molecule has 1 amide bonds. The highest BCUT2D eigenvalue weighted by Crippen LogP contribution is 2.47. The van der Waals surface area contributed by atoms with Crippen molar-refractivity contribution < 1.29 is 14.3 Å². The summed E-state index contributed by atoms with van der Waals surface area (Å²) in [5, 5.41) is 8.96. The summed E-state index contributed by atoms with van der Waals surface area (Å²) in [6.07, 6.45) is 3.28. The van der Waals surface area contributed by atoms with Gasteiger partial charge in [-0.3, -0.25) is 14.8 Å². The van der Waals surface area contributed by atoms with Crippen LogP contribution in [0.3, 0.4) is 0 Å². The van der Waals surface area contributed by atoms with Crippen molar-refractivity contribution in [2.45, 2.75) is 25.9 Å². The maximum absolute atomic E-state index is 14.3. The number of carbonyl (C=O) groups excluding carboxylic acids is 1. The first kappa shape index (κ1) is 25.1. The molecule has 12 heteroatoms. The molecule has 5 aromatic rings. The van der Waals surface area contributed by atoms with Crippen molar-refractivity contribution in [2.24, 2.45) is 0 Å². The van der Waals surface area contributed by atoms with E-state index >= 15 is 0 Å². The number of anilines is 1. The van der Waals surface area contributed by atoms with Crippen molar-refractivity contribution in [3.05, 3.63) is 75.8 Å². The molecule has 0 saturated carbocycles. The van der Waals surface area contributed by atoms with Crippen LogP contribution in [0.5, 0.6) is 11.9 Å². The third-order valence-electron chi connectivity index (χ3n) is 6.70. The number of benzene rings is 2. The monoisotopic (exact) mass is 563 g/mol. The third kappa shape index (κ3) is 3.98. The molecule has 4 heterocycles. The zero-order valence-corrected chi connectivity index (χ0v) is 22.9. The number of nitrogens with zero attached hydrogens (tertiary/aromatic N) is 6. The number of aromatic amines is 1. The lowest BCUT2D eigenvalue weighted by molar-refractivity contribution is 0.0989. The smallest absolute Gasteiger partial charge is 0.319 e. The molecule has 1 aliphatic heterocycles. The van der Waals surface area contributed by atoms with Crippen molar-refractivity contribution in [3.8, 4) is 23.3 Å². The highest BCUT2D eigenvalue weighted by atomic mass is 35.5. The van der Waals surface area contributed by atoms with Crippen LogP contribution in [0.15, 0.2) is 48.8 Å². The van der Waals surface area contributed by atoms with Crippen molar-refractivity contribution in [1.29, 1.82) is 0 Å². The Kier molecular flexibility index (Phi) is 6.16. The Morgan fingerprint density at radius 2 is 1.77 bits per heavy atom. The first-order valence-electron chi connectivity index (χ1n) is 12.1. The molecule has 0 radical (unpaired) electrons. The summed E-state index contributed by atoms with van der Waals surface area (Å²) in [6, 6.07) is 10.5. The SMILES string of the molecule is COc1ncc(-c2nc3c(n2C(C)C)[C@@H](c2ccc(Cl)cc2)N(c2cc(Cl)cc4[nH]ncc24)C3=O)c(OC)n1. The lowest BCUT2D eigenvalue weighted by Gasteiger charge is -2.29. The van der Waals surface area contributed by atoms with Crippen LogP contribution in [0.25, 0.3) is 22.3 Å². The standard InChI is InChI=1S/C27H23Cl2N7O3/c1-13(2)35-23-21(32-24(35)18-11-30-27(39-4)33-25(18)38-3)26(37)36(22(23)14-5-7-15(28)8-6-14)20-10-16(29)9-19-17(20)12-31-34-19/h5-13,22H,1-4H3,(H,31,34)/t22-/m1/s1. The molecule has 1 atom stereocenters. The number of H-pyrrole nitrogens is 1. The van der Waals surface area contributed by atoms with Crippen molar-refractivity contribution in [1.82, 2.24) is 29.7 Å². The van der Waals surface area contributed by atoms with Crippen LogP contribution in [0.1, 0.15) is 47.7 Å². The second kappa shape index (κ2) is 9.55. The van der Waals surface area contributed by atoms with Crippen LogP contribution in [0, 0.1) is 0 Å². The summed E-state index contributed by atoms with van der Waals surface area (Å²) < 4.78 is 12.7. The molecule has 0 aliphatic carbocycles. The lowest BCUT2D eigenvalue weighted by Crippen LogP contribution is -2.30. The quantitative estimate of drug-likeness (QED) is 0.275. The van der Waals surface area contributed by atoms with Gasteiger partial charge in [-0.05, 0) is 43.7 Å². The van der Waals surface area contributed by atoms with Crippen molar-refractivity contribution in [2.75, 3.05) is 19.1 Å². The van der Waals surface area contributed by atoms with E-state index in [2.05, 4.69) is 20.2 Å². The Balaban J connectivity index is 1.63. The van der Waals surface area contributed by atoms with E-state index in [1.165, 1.54) is 14.2 Å². The molecule has 0 bridgehead atoms. The summed E-state index contributed by atoms with van der Waals surface area (Å²) >= 11 is 12.7. The number of hydrogen-bond acceptors (Lipinski definition) is 7. The van der Waals surface area contributed by atoms with Gasteiger partial charge in [0.05, 0.1) is 42.9 Å². The number of nitrogens with one attached hydrogen (secondary N) is 1. The summed E-state index contributed by atoms with van der Waals surface area (Å²) in [5.41, 5.74) is 3.77. The Bertz CT molecular complexity index is 1730. The van der Waals surface area contributed by atoms with Crippen LogP contribution in [0.4, 0.5) is 5.69 Å². The highest BCUT2D eigenvalue weighted by Gasteiger charge is 2.45. The zero-order chi connectivity index (χ0) is 27.4. The van der Waals surface area contributed by atoms with Crippen LogP contribution in [-0.4, -0.2) is 49.8 Å². The largest absolute Gasteiger partial charge is 0.480 e. The molecule has 0 fully saturated rings. The molecule has 198 valence electrons. The van der Waals surface area contributed by atoms with E-state index < -0.39 is 6.04 Å². The van der Waals surface area contributed by atoms with Crippen LogP contribution < -0.4 is 14.4 Å². The van der Waals surface area contributed by atoms with Gasteiger partial charge in [-0.1, -0.05) is 35.3 Å². The number of aromatic nitrogens is 6. The van der Waals surface area contributed by atoms with Gasteiger partial charge in [0.1, 0.15) is 11.9 Å². The average Bonchev–Trinajstić information content (AvgIpc) is 3.62. The molecular formula is C27H23Cl2N7O3. The molecule has 1 N–H and O–H groups in total. The lowest BCUT2D eigenvalue weighted by atomic mass is 10.0. The minimum Gasteiger partial charge on any atom is -0.480 e. The normalized spacial score (nSPS) is 14.9. The minimum atomic E-state index is -0.532. The van der Waals surface area contributed by atoms with E-state index in [0.717, 1.165) is 22.2 Å². The fraction of sp³-hybridized carbons (Fsp3) is 0.222. The summed E-state index contributed by atoms with van der Waals surface area (Å²) in [7, 11) is 3.00. The third-order valence-corrected chi connectivity index (χ3v) is 7.17. The van der Waals surface area contributed by atoms with Gasteiger partial charge in [0, 0.05) is 27.7 Å². The molecule has 6 rings (SSSR count). The summed E-state index contributed by atoms with van der Waals surface area (Å²) in [4.78, 5) is 29.5. The molecule has 0 saturated heterocycles. The van der Waals surface area contributed by atoms with Gasteiger partial charge < -0.3 is 14.0 Å². The van der Waals surface area contributed by atoms with Gasteiger partial charge in [-0.15, -0.1) is 0 Å². The first-order valence-corrected chi connectivity index (χ1v) is 12.9. The van der Waals surface area contributed by atoms with Crippen LogP contribution in [0.2, 0.25) is 10.0 Å². The number of amides is 1. The average molecular weight is 564 g/mol. The Labute approximate surface area is 233 Å². The van der Waals surface area contributed by atoms with Crippen molar-refractivity contribution in [3.63, 3.8) is 0 Å². The van der Waals surface area contributed by atoms with E-state index in [-0.39, 0.29) is 23.8 Å². The van der Waals surface area contributed by atoms with E-state index in [0.29, 0.717) is 32.8 Å². The first-order chi connectivity index (χ1) is 18.8. The Morgan fingerprint density at radius 3 is 2.46 bits per heavy atom. The van der Waals surface area contributed by atoms with Gasteiger partial charge >= 0.3 is 6.01 Å². The minimum absolute atomic E-state index is 0.0843. The van der Waals surface area contributed by atoms with E-state index in [4.69, 9.17) is 37.7 Å². The molecule has 0 spiro atoms. The molecule has 39 heavy (non-hydrogen) atoms. The predicted octanol–water partition coefficient (Wildman–Crippen LogP) is 5.87. The number of ether oxygens (including phenoxy) is 2. The summed E-state index contributed by atoms with van der Waals surface area (Å²) in [5.74, 6) is 0.527. The Hall–Kier alpha value is -4.15. The second-order valence-electron chi connectivity index (χ2n) is 9.30. The molecular weight excluding hydrogens is 541 g/mol. The van der Waals surface area contributed by atoms with Crippen molar-refractivity contribution >= 4 is 45.7 Å². The van der Waals surface area contributed by atoms with Gasteiger partial charge in [0.25, 0.3) is 5.91 Å². The molecule has 1 aliphatic rings. The van der Waals surface area contributed by atoms with E-state index in [1.807, 2.05) is 30.5 Å². The number of hydrogen-bond donors (Lipinski definition) is 1. The number of rotatable bonds is 6. The number of fused-ring (bicyclic) bond motifs is 2. The van der Waals surface area contributed by atoms with Gasteiger partial charge in [0.15, 0.2) is 5.69 Å². The maximum atomic E-state index is 14.3. The maximum Gasteiger partial charge on any atom is 0.319 e. The predicted molar refractivity (Wildman–Crippen MR) is 148 cm³/mol. The van der Waals surface area contributed by atoms with Gasteiger partial charge in [0.2, 0.25) is 5.88 Å². The second-order valence-corrected chi connectivity index (χ2v) is 10.2. The highest BCUT2D eigenvalue weighted by molar-refractivity contribution is 6.32. The number of methoxy groups -OCH3 is 2. The van der Waals surface area contributed by atoms with Crippen LogP contribution in [-0.2, 0) is 0 Å². The molecule has 3 aromatic heterocycles. The topological polar surface area (TPSA) is 111 Å². The van der Waals surface area contributed by atoms with E-state index in [1.54, 1.807) is 41.6 Å². The van der Waals surface area contributed by atoms with Gasteiger partial charge in [-0.25, -0.2) is 9.97 Å². The molecule has 10 nitrogen and oxygen atoms in total. The summed E-state index contributed by atoms with van der Waals surface area (Å²) in [6.45, 7) is 4.06. The fourth-order valence-corrected chi connectivity index (χ4v) is 5.42. The zero-order valence-electron chi connectivity index (χ0n) is 21.4. The van der Waals surface area contributed by atoms with Crippen LogP contribution >= 0.6 is 23.2 Å².